The summed E-state index contributed by atoms with van der Waals surface area (Å²) in [5, 5.41) is 0. The lowest BCUT2D eigenvalue weighted by Gasteiger charge is -2.39. The number of hydrogen-bond donors (Lipinski definition) is 0. The lowest BCUT2D eigenvalue weighted by Crippen LogP contribution is -2.36. The smallest absolute Gasteiger partial charge is 0.0629 e. The molecule has 1 saturated heterocycles. The summed E-state index contributed by atoms with van der Waals surface area (Å²) in [5.74, 6) is 1.22. The average molecular weight is 335 g/mol. The maximum absolute atomic E-state index is 5.94. The minimum absolute atomic E-state index is 0.0107. The minimum Gasteiger partial charge on any atom is -0.376 e. The Hall–Kier alpha value is -1.93. The quantitative estimate of drug-likeness (QED) is 0.640. The van der Waals surface area contributed by atoms with Crippen LogP contribution in [-0.2, 0) is 4.74 Å². The number of nitrogens with zero attached hydrogens (tertiary/aromatic N) is 1. The van der Waals surface area contributed by atoms with Gasteiger partial charge in [-0.3, -0.25) is 4.99 Å². The van der Waals surface area contributed by atoms with Gasteiger partial charge in [0, 0.05) is 19.4 Å². The summed E-state index contributed by atoms with van der Waals surface area (Å²) in [6.45, 7) is 6.17. The van der Waals surface area contributed by atoms with E-state index in [1.54, 1.807) is 0 Å². The molecule has 2 aromatic carbocycles. The topological polar surface area (TPSA) is 21.6 Å². The molecule has 2 aromatic rings. The van der Waals surface area contributed by atoms with E-state index in [2.05, 4.69) is 73.4 Å². The van der Waals surface area contributed by atoms with Crippen LogP contribution in [0.1, 0.15) is 50.2 Å². The fourth-order valence-corrected chi connectivity index (χ4v) is 3.92. The Bertz CT molecular complexity index is 663. The Morgan fingerprint density at radius 1 is 1.08 bits per heavy atom. The van der Waals surface area contributed by atoms with E-state index >= 15 is 0 Å². The van der Waals surface area contributed by atoms with Crippen LogP contribution in [0.2, 0.25) is 0 Å². The third-order valence-corrected chi connectivity index (χ3v) is 5.14. The molecule has 2 atom stereocenters. The highest BCUT2D eigenvalue weighted by Crippen LogP contribution is 2.39. The van der Waals surface area contributed by atoms with Crippen LogP contribution in [0.4, 0.5) is 0 Å². The van der Waals surface area contributed by atoms with Crippen molar-refractivity contribution < 1.29 is 4.74 Å². The van der Waals surface area contributed by atoms with E-state index in [-0.39, 0.29) is 5.60 Å². The van der Waals surface area contributed by atoms with E-state index in [1.807, 2.05) is 12.3 Å². The Morgan fingerprint density at radius 2 is 1.76 bits per heavy atom. The summed E-state index contributed by atoms with van der Waals surface area (Å²) >= 11 is 0. The third kappa shape index (κ3) is 5.27. The summed E-state index contributed by atoms with van der Waals surface area (Å²) in [6, 6.07) is 21.3. The van der Waals surface area contributed by atoms with E-state index in [1.165, 1.54) is 11.1 Å². The standard InChI is InChI=1S/C23H29NO/c1-23(2)17-21(14-16-25-23)22(20-11-7-4-8-12-20)13-15-24-18-19-9-5-3-6-10-19/h3-12,18,21-22H,13-17H2,1-2H3/t21-,22+/m0/s1. The highest BCUT2D eigenvalue weighted by molar-refractivity contribution is 5.79. The highest BCUT2D eigenvalue weighted by atomic mass is 16.5. The number of benzene rings is 2. The first-order valence-electron chi connectivity index (χ1n) is 9.38. The lowest BCUT2D eigenvalue weighted by atomic mass is 9.75. The molecule has 132 valence electrons. The highest BCUT2D eigenvalue weighted by Gasteiger charge is 2.33. The first-order valence-corrected chi connectivity index (χ1v) is 9.38. The Balaban J connectivity index is 1.68. The molecule has 0 unspecified atom stereocenters. The van der Waals surface area contributed by atoms with Crippen LogP contribution in [-0.4, -0.2) is 25.0 Å². The molecule has 0 spiro atoms. The molecule has 25 heavy (non-hydrogen) atoms. The van der Waals surface area contributed by atoms with Crippen molar-refractivity contribution in [3.05, 3.63) is 71.8 Å². The summed E-state index contributed by atoms with van der Waals surface area (Å²) in [5.41, 5.74) is 2.61. The van der Waals surface area contributed by atoms with Crippen molar-refractivity contribution in [2.45, 2.75) is 44.6 Å². The van der Waals surface area contributed by atoms with Gasteiger partial charge in [-0.1, -0.05) is 60.7 Å². The van der Waals surface area contributed by atoms with Gasteiger partial charge in [0.05, 0.1) is 5.60 Å². The monoisotopic (exact) mass is 335 g/mol. The molecule has 0 amide bonds. The van der Waals surface area contributed by atoms with E-state index < -0.39 is 0 Å². The maximum atomic E-state index is 5.94. The van der Waals surface area contributed by atoms with Crippen molar-refractivity contribution in [3.63, 3.8) is 0 Å². The summed E-state index contributed by atoms with van der Waals surface area (Å²) < 4.78 is 5.94. The Morgan fingerprint density at radius 3 is 2.44 bits per heavy atom. The van der Waals surface area contributed by atoms with E-state index in [9.17, 15) is 0 Å². The Labute approximate surface area is 152 Å². The van der Waals surface area contributed by atoms with Gasteiger partial charge in [-0.25, -0.2) is 0 Å². The zero-order valence-corrected chi connectivity index (χ0v) is 15.4. The fourth-order valence-electron chi connectivity index (χ4n) is 3.92. The first-order chi connectivity index (χ1) is 12.1. The van der Waals surface area contributed by atoms with Crippen molar-refractivity contribution in [2.75, 3.05) is 13.2 Å². The molecule has 0 radical (unpaired) electrons. The summed E-state index contributed by atoms with van der Waals surface area (Å²) in [7, 11) is 0. The van der Waals surface area contributed by atoms with Crippen LogP contribution in [0.3, 0.4) is 0 Å². The second-order valence-electron chi connectivity index (χ2n) is 7.61. The van der Waals surface area contributed by atoms with E-state index in [0.29, 0.717) is 11.8 Å². The lowest BCUT2D eigenvalue weighted by molar-refractivity contribution is -0.0771. The molecular weight excluding hydrogens is 306 g/mol. The van der Waals surface area contributed by atoms with Gasteiger partial charge in [-0.2, -0.15) is 0 Å². The molecule has 1 aliphatic rings. The minimum atomic E-state index is -0.0107. The normalized spacial score (nSPS) is 21.3. The molecule has 0 saturated carbocycles. The number of rotatable bonds is 6. The maximum Gasteiger partial charge on any atom is 0.0629 e. The fraction of sp³-hybridized carbons (Fsp3) is 0.435. The zero-order valence-electron chi connectivity index (χ0n) is 15.4. The summed E-state index contributed by atoms with van der Waals surface area (Å²) in [4.78, 5) is 4.68. The predicted octanol–water partition coefficient (Wildman–Crippen LogP) is 5.48. The Kier molecular flexibility index (Phi) is 6.04. The number of hydrogen-bond acceptors (Lipinski definition) is 2. The van der Waals surface area contributed by atoms with Gasteiger partial charge in [-0.15, -0.1) is 0 Å². The van der Waals surface area contributed by atoms with Crippen LogP contribution >= 0.6 is 0 Å². The van der Waals surface area contributed by atoms with Crippen molar-refractivity contribution in [1.29, 1.82) is 0 Å². The number of aliphatic imine (C=N–C) groups is 1. The van der Waals surface area contributed by atoms with E-state index in [4.69, 9.17) is 4.74 Å². The van der Waals surface area contributed by atoms with Crippen molar-refractivity contribution >= 4 is 6.21 Å². The molecular formula is C23H29NO. The summed E-state index contributed by atoms with van der Waals surface area (Å²) in [6.07, 6.45) is 5.35. The second-order valence-corrected chi connectivity index (χ2v) is 7.61. The molecule has 3 rings (SSSR count). The molecule has 1 heterocycles. The van der Waals surface area contributed by atoms with Crippen LogP contribution in [0.5, 0.6) is 0 Å². The van der Waals surface area contributed by atoms with Gasteiger partial charge < -0.3 is 4.74 Å². The number of ether oxygens (including phenoxy) is 1. The second kappa shape index (κ2) is 8.44. The molecule has 2 nitrogen and oxygen atoms in total. The van der Waals surface area contributed by atoms with E-state index in [0.717, 1.165) is 32.4 Å². The largest absolute Gasteiger partial charge is 0.376 e. The molecule has 1 fully saturated rings. The van der Waals surface area contributed by atoms with Crippen LogP contribution < -0.4 is 0 Å². The first kappa shape index (κ1) is 17.9. The van der Waals surface area contributed by atoms with Gasteiger partial charge in [-0.05, 0) is 56.1 Å². The van der Waals surface area contributed by atoms with Crippen molar-refractivity contribution in [1.82, 2.24) is 0 Å². The molecule has 0 aliphatic carbocycles. The van der Waals surface area contributed by atoms with Gasteiger partial charge in [0.25, 0.3) is 0 Å². The van der Waals surface area contributed by atoms with Crippen molar-refractivity contribution in [3.8, 4) is 0 Å². The molecule has 0 N–H and O–H groups in total. The van der Waals surface area contributed by atoms with Gasteiger partial charge in [0.15, 0.2) is 0 Å². The molecule has 1 aliphatic heterocycles. The molecule has 2 heteroatoms. The predicted molar refractivity (Wildman–Crippen MR) is 105 cm³/mol. The zero-order chi connectivity index (χ0) is 17.5. The molecule has 0 bridgehead atoms. The van der Waals surface area contributed by atoms with Crippen LogP contribution in [0.25, 0.3) is 0 Å². The molecule has 0 aromatic heterocycles. The SMILES string of the molecule is CC1(C)C[C@@H]([C@H](CCN=Cc2ccccc2)c2ccccc2)CCO1. The van der Waals surface area contributed by atoms with Gasteiger partial charge in [0.2, 0.25) is 0 Å². The van der Waals surface area contributed by atoms with Gasteiger partial charge >= 0.3 is 0 Å². The van der Waals surface area contributed by atoms with Gasteiger partial charge in [0.1, 0.15) is 0 Å². The average Bonchev–Trinajstić information content (AvgIpc) is 2.62. The van der Waals surface area contributed by atoms with Crippen LogP contribution in [0.15, 0.2) is 65.7 Å². The third-order valence-electron chi connectivity index (χ3n) is 5.14. The van der Waals surface area contributed by atoms with Crippen molar-refractivity contribution in [2.24, 2.45) is 10.9 Å². The van der Waals surface area contributed by atoms with Crippen LogP contribution in [0, 0.1) is 5.92 Å².